The molecule has 1 nitrogen and oxygen atoms in total. The number of benzene rings is 1. The van der Waals surface area contributed by atoms with Crippen molar-refractivity contribution in [2.45, 2.75) is 0 Å². The van der Waals surface area contributed by atoms with Gasteiger partial charge in [0.25, 0.3) is 0 Å². The van der Waals surface area contributed by atoms with Crippen LogP contribution in [0.15, 0.2) is 30.5 Å². The summed E-state index contributed by atoms with van der Waals surface area (Å²) in [5, 5.41) is 1.04. The molecule has 0 amide bonds. The van der Waals surface area contributed by atoms with Crippen LogP contribution in [0.2, 0.25) is 0 Å². The molecular weight excluding hydrogens is 122 g/mol. The Morgan fingerprint density at radius 1 is 1.30 bits per heavy atom. The van der Waals surface area contributed by atoms with Gasteiger partial charge < -0.3 is 0 Å². The Labute approximate surface area is 59.3 Å². The van der Waals surface area contributed by atoms with E-state index in [1.165, 1.54) is 0 Å². The molecule has 2 radical (unpaired) electrons. The maximum Gasteiger partial charge on any atom is 0.0714 e. The van der Waals surface area contributed by atoms with Gasteiger partial charge in [0, 0.05) is 11.6 Å². The van der Waals surface area contributed by atoms with Gasteiger partial charge in [-0.1, -0.05) is 12.1 Å². The minimum absolute atomic E-state index is 0.949. The summed E-state index contributed by atoms with van der Waals surface area (Å²) in [5.74, 6) is 0. The van der Waals surface area contributed by atoms with E-state index in [0.29, 0.717) is 0 Å². The molecule has 0 fully saturated rings. The number of fused-ring (bicyclic) bond motifs is 1. The van der Waals surface area contributed by atoms with Gasteiger partial charge in [0.05, 0.1) is 5.52 Å². The lowest BCUT2D eigenvalue weighted by atomic mass is 10.2. The first-order valence-electron chi connectivity index (χ1n) is 3.09. The van der Waals surface area contributed by atoms with Crippen LogP contribution < -0.4 is 0 Å². The van der Waals surface area contributed by atoms with Crippen molar-refractivity contribution >= 4 is 10.9 Å². The summed E-state index contributed by atoms with van der Waals surface area (Å²) in [6, 6.07) is 13.5. The maximum absolute atomic E-state index is 4.12. The van der Waals surface area contributed by atoms with Gasteiger partial charge in [-0.3, -0.25) is 4.98 Å². The Morgan fingerprint density at radius 2 is 2.30 bits per heavy atom. The van der Waals surface area contributed by atoms with Gasteiger partial charge in [0.1, 0.15) is 0 Å². The molecule has 0 aliphatic carbocycles. The second kappa shape index (κ2) is 2.10. The minimum atomic E-state index is 0.949. The lowest BCUT2D eigenvalue weighted by Gasteiger charge is -1.90. The van der Waals surface area contributed by atoms with E-state index in [-0.39, 0.29) is 0 Å². The molecule has 0 aliphatic heterocycles. The van der Waals surface area contributed by atoms with E-state index in [1.807, 2.05) is 24.3 Å². The van der Waals surface area contributed by atoms with Crippen molar-refractivity contribution in [3.8, 4) is 0 Å². The van der Waals surface area contributed by atoms with E-state index in [9.17, 15) is 0 Å². The third-order valence-electron chi connectivity index (χ3n) is 1.37. The minimum Gasteiger partial charge on any atom is -0.256 e. The summed E-state index contributed by atoms with van der Waals surface area (Å²) >= 11 is 0. The van der Waals surface area contributed by atoms with E-state index in [0.717, 1.165) is 10.9 Å². The standard InChI is InChI=1S/C9H5N/c1-2-6-9-8(4-1)5-3-7-10-9/h1,3-4,6-7H. The molecule has 0 spiro atoms. The summed E-state index contributed by atoms with van der Waals surface area (Å²) in [5.41, 5.74) is 0.949. The van der Waals surface area contributed by atoms with Crippen molar-refractivity contribution in [3.05, 3.63) is 42.6 Å². The molecule has 46 valence electrons. The monoisotopic (exact) mass is 127 g/mol. The number of hydrogen-bond donors (Lipinski definition) is 0. The highest BCUT2D eigenvalue weighted by Gasteiger charge is 1.87. The molecule has 1 aromatic heterocycles. The number of aromatic nitrogens is 1. The fraction of sp³-hybridized carbons (Fsp3) is 0. The van der Waals surface area contributed by atoms with Crippen molar-refractivity contribution in [1.29, 1.82) is 0 Å². The van der Waals surface area contributed by atoms with Crippen molar-refractivity contribution in [2.24, 2.45) is 0 Å². The van der Waals surface area contributed by atoms with Crippen LogP contribution in [0.25, 0.3) is 10.9 Å². The highest BCUT2D eigenvalue weighted by atomic mass is 14.6. The Bertz CT molecular complexity index is 276. The van der Waals surface area contributed by atoms with Gasteiger partial charge in [-0.25, -0.2) is 0 Å². The van der Waals surface area contributed by atoms with Gasteiger partial charge in [0.2, 0.25) is 0 Å². The van der Waals surface area contributed by atoms with Crippen LogP contribution in [0, 0.1) is 12.1 Å². The first-order chi connectivity index (χ1) is 4.97. The third kappa shape index (κ3) is 0.760. The summed E-state index contributed by atoms with van der Waals surface area (Å²) in [6.07, 6.45) is 1.73. The van der Waals surface area contributed by atoms with Crippen LogP contribution in [0.1, 0.15) is 0 Å². The van der Waals surface area contributed by atoms with Gasteiger partial charge in [-0.05, 0) is 24.3 Å². The van der Waals surface area contributed by atoms with Gasteiger partial charge in [-0.15, -0.1) is 0 Å². The Hall–Kier alpha value is -1.37. The van der Waals surface area contributed by atoms with Crippen LogP contribution in [-0.4, -0.2) is 4.98 Å². The average molecular weight is 127 g/mol. The predicted molar refractivity (Wildman–Crippen MR) is 39.4 cm³/mol. The highest BCUT2D eigenvalue weighted by molar-refractivity contribution is 5.76. The maximum atomic E-state index is 4.12. The summed E-state index contributed by atoms with van der Waals surface area (Å²) in [7, 11) is 0. The average Bonchev–Trinajstić information content (AvgIpc) is 2.05. The zero-order valence-corrected chi connectivity index (χ0v) is 5.33. The molecule has 0 bridgehead atoms. The molecule has 2 aromatic rings. The van der Waals surface area contributed by atoms with Gasteiger partial charge in [0.15, 0.2) is 0 Å². The fourth-order valence-electron chi connectivity index (χ4n) is 0.895. The summed E-state index contributed by atoms with van der Waals surface area (Å²) < 4.78 is 0. The molecule has 2 rings (SSSR count). The zero-order chi connectivity index (χ0) is 6.81. The molecule has 1 aromatic carbocycles. The zero-order valence-electron chi connectivity index (χ0n) is 5.33. The molecule has 1 heteroatoms. The molecule has 0 aliphatic rings. The lowest BCUT2D eigenvalue weighted by molar-refractivity contribution is 1.41. The highest BCUT2D eigenvalue weighted by Crippen LogP contribution is 2.06. The predicted octanol–water partition coefficient (Wildman–Crippen LogP) is 1.84. The van der Waals surface area contributed by atoms with Crippen LogP contribution in [0.5, 0.6) is 0 Å². The van der Waals surface area contributed by atoms with E-state index in [1.54, 1.807) is 6.20 Å². The molecule has 0 N–H and O–H groups in total. The lowest BCUT2D eigenvalue weighted by Crippen LogP contribution is -1.74. The van der Waals surface area contributed by atoms with Crippen molar-refractivity contribution in [1.82, 2.24) is 4.98 Å². The normalized spacial score (nSPS) is 10.0. The topological polar surface area (TPSA) is 12.9 Å². The molecule has 0 saturated heterocycles. The fourth-order valence-corrected chi connectivity index (χ4v) is 0.895. The Balaban J connectivity index is 2.89. The molecular formula is C9H5N. The third-order valence-corrected chi connectivity index (χ3v) is 1.37. The number of rotatable bonds is 0. The molecule has 0 saturated carbocycles. The Kier molecular flexibility index (Phi) is 1.14. The van der Waals surface area contributed by atoms with Crippen LogP contribution in [0.3, 0.4) is 0 Å². The molecule has 1 heterocycles. The van der Waals surface area contributed by atoms with Gasteiger partial charge >= 0.3 is 0 Å². The Morgan fingerprint density at radius 3 is 3.20 bits per heavy atom. The quantitative estimate of drug-likeness (QED) is 0.526. The van der Waals surface area contributed by atoms with Gasteiger partial charge in [-0.2, -0.15) is 0 Å². The van der Waals surface area contributed by atoms with Crippen molar-refractivity contribution in [2.75, 3.05) is 0 Å². The summed E-state index contributed by atoms with van der Waals surface area (Å²) in [6.45, 7) is 0. The number of pyridine rings is 1. The smallest absolute Gasteiger partial charge is 0.0714 e. The van der Waals surface area contributed by atoms with Crippen molar-refractivity contribution < 1.29 is 0 Å². The van der Waals surface area contributed by atoms with Crippen molar-refractivity contribution in [3.63, 3.8) is 0 Å². The second-order valence-electron chi connectivity index (χ2n) is 2.03. The molecule has 0 atom stereocenters. The van der Waals surface area contributed by atoms with Crippen LogP contribution in [0.4, 0.5) is 0 Å². The molecule has 0 unspecified atom stereocenters. The SMILES string of the molecule is [c]1ccc2[c]ccnc2c1. The van der Waals surface area contributed by atoms with E-state index >= 15 is 0 Å². The number of hydrogen-bond acceptors (Lipinski definition) is 1. The van der Waals surface area contributed by atoms with Crippen LogP contribution >= 0.6 is 0 Å². The first-order valence-corrected chi connectivity index (χ1v) is 3.09. The van der Waals surface area contributed by atoms with E-state index in [2.05, 4.69) is 17.1 Å². The summed E-state index contributed by atoms with van der Waals surface area (Å²) in [4.78, 5) is 4.12. The first kappa shape index (κ1) is 5.42. The second-order valence-corrected chi connectivity index (χ2v) is 2.03. The molecule has 10 heavy (non-hydrogen) atoms. The van der Waals surface area contributed by atoms with Crippen LogP contribution in [-0.2, 0) is 0 Å². The van der Waals surface area contributed by atoms with E-state index in [4.69, 9.17) is 0 Å². The number of nitrogens with zero attached hydrogens (tertiary/aromatic N) is 1. The van der Waals surface area contributed by atoms with E-state index < -0.39 is 0 Å². The largest absolute Gasteiger partial charge is 0.256 e.